The number of nitrogens with zero attached hydrogens (tertiary/aromatic N) is 2. The van der Waals surface area contributed by atoms with E-state index in [-0.39, 0.29) is 5.57 Å². The zero-order valence-corrected chi connectivity index (χ0v) is 19.4. The molecule has 1 atom stereocenters. The van der Waals surface area contributed by atoms with Gasteiger partial charge in [-0.3, -0.25) is 9.59 Å². The van der Waals surface area contributed by atoms with Crippen LogP contribution in [-0.4, -0.2) is 68.0 Å². The first kappa shape index (κ1) is 24.1. The normalized spacial score (nSPS) is 16.2. The zero-order valence-electron chi connectivity index (χ0n) is 19.4. The van der Waals surface area contributed by atoms with Gasteiger partial charge in [0.05, 0.1) is 25.8 Å². The first-order valence-electron chi connectivity index (χ1n) is 10.8. The van der Waals surface area contributed by atoms with Gasteiger partial charge >= 0.3 is 0 Å². The van der Waals surface area contributed by atoms with Crippen molar-refractivity contribution in [2.24, 2.45) is 0 Å². The van der Waals surface area contributed by atoms with Crippen molar-refractivity contribution < 1.29 is 24.2 Å². The highest BCUT2D eigenvalue weighted by Crippen LogP contribution is 2.44. The van der Waals surface area contributed by atoms with E-state index < -0.39 is 23.5 Å². The molecule has 1 unspecified atom stereocenters. The number of carbonyl (C=O) groups is 2. The van der Waals surface area contributed by atoms with Crippen molar-refractivity contribution >= 4 is 17.8 Å². The molecular weight excluding hydrogens is 420 g/mol. The van der Waals surface area contributed by atoms with E-state index in [4.69, 9.17) is 9.47 Å². The highest BCUT2D eigenvalue weighted by molar-refractivity contribution is 6.14. The van der Waals surface area contributed by atoms with E-state index in [0.717, 1.165) is 12.1 Å². The van der Waals surface area contributed by atoms with Crippen LogP contribution < -0.4 is 9.47 Å². The summed E-state index contributed by atoms with van der Waals surface area (Å²) in [5.41, 5.74) is 1.45. The van der Waals surface area contributed by atoms with E-state index in [0.29, 0.717) is 30.0 Å². The SMILES string of the molecule is COc1cccc(C2C(C(=O)/C=C/c3ccccc3)=C(O)C(=O)N2CCCN(C)C)c1OC. The van der Waals surface area contributed by atoms with Gasteiger partial charge in [0.1, 0.15) is 0 Å². The number of ether oxygens (including phenoxy) is 2. The maximum absolute atomic E-state index is 13.3. The van der Waals surface area contributed by atoms with E-state index in [9.17, 15) is 14.7 Å². The van der Waals surface area contributed by atoms with Crippen LogP contribution in [0.2, 0.25) is 0 Å². The number of ketones is 1. The summed E-state index contributed by atoms with van der Waals surface area (Å²) in [5.74, 6) is -0.636. The minimum Gasteiger partial charge on any atom is -0.503 e. The molecule has 7 heteroatoms. The van der Waals surface area contributed by atoms with Crippen LogP contribution in [0, 0.1) is 0 Å². The van der Waals surface area contributed by atoms with Crippen LogP contribution in [0.4, 0.5) is 0 Å². The third kappa shape index (κ3) is 5.26. The molecule has 33 heavy (non-hydrogen) atoms. The molecule has 0 radical (unpaired) electrons. The molecule has 0 aromatic heterocycles. The molecule has 2 aromatic carbocycles. The Morgan fingerprint density at radius 3 is 2.45 bits per heavy atom. The molecule has 174 valence electrons. The standard InChI is InChI=1S/C26H30N2O5/c1-27(2)16-9-17-28-23(19-12-8-13-21(32-3)25(19)33-4)22(24(30)26(28)31)20(29)15-14-18-10-6-5-7-11-18/h5-8,10-15,23,30H,9,16-17H2,1-4H3/b15-14+. The molecule has 0 saturated heterocycles. The van der Waals surface area contributed by atoms with E-state index >= 15 is 0 Å². The lowest BCUT2D eigenvalue weighted by Gasteiger charge is -2.28. The molecule has 1 heterocycles. The summed E-state index contributed by atoms with van der Waals surface area (Å²) in [7, 11) is 6.94. The minimum absolute atomic E-state index is 0.0311. The second-order valence-electron chi connectivity index (χ2n) is 8.01. The summed E-state index contributed by atoms with van der Waals surface area (Å²) in [6.07, 6.45) is 3.73. The number of rotatable bonds is 10. The maximum atomic E-state index is 13.3. The van der Waals surface area contributed by atoms with Crippen LogP contribution in [0.3, 0.4) is 0 Å². The van der Waals surface area contributed by atoms with Crippen LogP contribution in [0.1, 0.15) is 23.6 Å². The van der Waals surface area contributed by atoms with Gasteiger partial charge in [-0.2, -0.15) is 0 Å². The Hall–Kier alpha value is -3.58. The van der Waals surface area contributed by atoms with Crippen LogP contribution in [0.25, 0.3) is 6.08 Å². The van der Waals surface area contributed by atoms with Crippen molar-refractivity contribution in [3.8, 4) is 11.5 Å². The Morgan fingerprint density at radius 2 is 1.82 bits per heavy atom. The number of benzene rings is 2. The van der Waals surface area contributed by atoms with Gasteiger partial charge < -0.3 is 24.4 Å². The van der Waals surface area contributed by atoms with E-state index in [1.165, 1.54) is 25.2 Å². The van der Waals surface area contributed by atoms with Gasteiger partial charge in [-0.1, -0.05) is 48.5 Å². The lowest BCUT2D eigenvalue weighted by Crippen LogP contribution is -2.33. The molecule has 1 N–H and O–H groups in total. The third-order valence-electron chi connectivity index (χ3n) is 5.53. The number of amides is 1. The second kappa shape index (κ2) is 10.8. The molecular formula is C26H30N2O5. The quantitative estimate of drug-likeness (QED) is 0.557. The van der Waals surface area contributed by atoms with E-state index in [1.807, 2.05) is 49.3 Å². The molecule has 0 aliphatic carbocycles. The van der Waals surface area contributed by atoms with Gasteiger partial charge in [0.15, 0.2) is 23.0 Å². The topological polar surface area (TPSA) is 79.3 Å². The fourth-order valence-electron chi connectivity index (χ4n) is 3.97. The molecule has 7 nitrogen and oxygen atoms in total. The number of para-hydroxylation sites is 1. The lowest BCUT2D eigenvalue weighted by molar-refractivity contribution is -0.129. The largest absolute Gasteiger partial charge is 0.503 e. The van der Waals surface area contributed by atoms with E-state index in [2.05, 4.69) is 0 Å². The fourth-order valence-corrected chi connectivity index (χ4v) is 3.97. The number of hydrogen-bond donors (Lipinski definition) is 1. The Morgan fingerprint density at radius 1 is 1.09 bits per heavy atom. The van der Waals surface area contributed by atoms with Gasteiger partial charge in [-0.05, 0) is 44.8 Å². The molecule has 1 aliphatic heterocycles. The lowest BCUT2D eigenvalue weighted by atomic mass is 9.94. The first-order valence-corrected chi connectivity index (χ1v) is 10.8. The molecule has 0 bridgehead atoms. The highest BCUT2D eigenvalue weighted by atomic mass is 16.5. The average Bonchev–Trinajstić information content (AvgIpc) is 3.07. The highest BCUT2D eigenvalue weighted by Gasteiger charge is 2.44. The number of aliphatic hydroxyl groups is 1. The Bertz CT molecular complexity index is 1060. The summed E-state index contributed by atoms with van der Waals surface area (Å²) in [6, 6.07) is 13.9. The Kier molecular flexibility index (Phi) is 7.90. The van der Waals surface area contributed by atoms with Crippen molar-refractivity contribution in [2.75, 3.05) is 41.4 Å². The molecule has 0 saturated carbocycles. The predicted molar refractivity (Wildman–Crippen MR) is 127 cm³/mol. The smallest absolute Gasteiger partial charge is 0.290 e. The second-order valence-corrected chi connectivity index (χ2v) is 8.01. The van der Waals surface area contributed by atoms with E-state index in [1.54, 1.807) is 24.3 Å². The first-order chi connectivity index (χ1) is 15.9. The maximum Gasteiger partial charge on any atom is 0.290 e. The van der Waals surface area contributed by atoms with Gasteiger partial charge in [-0.15, -0.1) is 0 Å². The molecule has 3 rings (SSSR count). The molecule has 1 amide bonds. The number of carbonyl (C=O) groups excluding carboxylic acids is 2. The monoisotopic (exact) mass is 450 g/mol. The van der Waals surface area contributed by atoms with Gasteiger partial charge in [0.25, 0.3) is 5.91 Å². The van der Waals surface area contributed by atoms with Gasteiger partial charge in [0.2, 0.25) is 0 Å². The summed E-state index contributed by atoms with van der Waals surface area (Å²) in [5, 5.41) is 10.8. The van der Waals surface area contributed by atoms with Crippen molar-refractivity contribution in [3.05, 3.63) is 77.1 Å². The van der Waals surface area contributed by atoms with Crippen LogP contribution in [0.15, 0.2) is 65.9 Å². The zero-order chi connectivity index (χ0) is 24.0. The summed E-state index contributed by atoms with van der Waals surface area (Å²) in [4.78, 5) is 29.9. The van der Waals surface area contributed by atoms with Crippen LogP contribution in [-0.2, 0) is 9.59 Å². The fraction of sp³-hybridized carbons (Fsp3) is 0.308. The van der Waals surface area contributed by atoms with Crippen LogP contribution in [0.5, 0.6) is 11.5 Å². The Balaban J connectivity index is 2.05. The average molecular weight is 451 g/mol. The van der Waals surface area contributed by atoms with Crippen molar-refractivity contribution in [1.29, 1.82) is 0 Å². The van der Waals surface area contributed by atoms with Crippen LogP contribution >= 0.6 is 0 Å². The molecule has 0 fully saturated rings. The molecule has 0 spiro atoms. The summed E-state index contributed by atoms with van der Waals surface area (Å²) >= 11 is 0. The number of methoxy groups -OCH3 is 2. The Labute approximate surface area is 194 Å². The predicted octanol–water partition coefficient (Wildman–Crippen LogP) is 3.63. The number of hydrogen-bond acceptors (Lipinski definition) is 6. The number of aliphatic hydroxyl groups excluding tert-OH is 1. The number of allylic oxidation sites excluding steroid dienone is 1. The summed E-state index contributed by atoms with van der Waals surface area (Å²) < 4.78 is 11.0. The summed E-state index contributed by atoms with van der Waals surface area (Å²) in [6.45, 7) is 1.12. The van der Waals surface area contributed by atoms with Gasteiger partial charge in [-0.25, -0.2) is 0 Å². The van der Waals surface area contributed by atoms with Crippen molar-refractivity contribution in [3.63, 3.8) is 0 Å². The third-order valence-corrected chi connectivity index (χ3v) is 5.53. The molecule has 1 aliphatic rings. The van der Waals surface area contributed by atoms with Crippen molar-refractivity contribution in [1.82, 2.24) is 9.80 Å². The van der Waals surface area contributed by atoms with Gasteiger partial charge in [0, 0.05) is 12.1 Å². The molecule has 2 aromatic rings. The minimum atomic E-state index is -0.794. The van der Waals surface area contributed by atoms with Crippen molar-refractivity contribution in [2.45, 2.75) is 12.5 Å².